The molecule has 0 fully saturated rings. The standard InChI is InChI=1S/C12H17N3O/c1-9(6-13)8-15(3)11-4-5-12(10(2)16)14-7-11/h4-5,7,9-10,16H,8H2,1-3H3. The number of hydrogen-bond donors (Lipinski definition) is 1. The van der Waals surface area contributed by atoms with E-state index in [0.717, 1.165) is 5.69 Å². The summed E-state index contributed by atoms with van der Waals surface area (Å²) in [6.07, 6.45) is 1.17. The molecule has 0 saturated carbocycles. The van der Waals surface area contributed by atoms with E-state index in [0.29, 0.717) is 12.2 Å². The van der Waals surface area contributed by atoms with Gasteiger partial charge in [-0.05, 0) is 26.0 Å². The highest BCUT2D eigenvalue weighted by Crippen LogP contribution is 2.15. The summed E-state index contributed by atoms with van der Waals surface area (Å²) in [4.78, 5) is 6.14. The van der Waals surface area contributed by atoms with Crippen molar-refractivity contribution < 1.29 is 5.11 Å². The van der Waals surface area contributed by atoms with Gasteiger partial charge >= 0.3 is 0 Å². The topological polar surface area (TPSA) is 60.2 Å². The number of nitrogens with zero attached hydrogens (tertiary/aromatic N) is 3. The highest BCUT2D eigenvalue weighted by atomic mass is 16.3. The van der Waals surface area contributed by atoms with Crippen molar-refractivity contribution in [2.24, 2.45) is 5.92 Å². The van der Waals surface area contributed by atoms with Crippen molar-refractivity contribution >= 4 is 5.69 Å². The summed E-state index contributed by atoms with van der Waals surface area (Å²) in [5.74, 6) is -0.0126. The van der Waals surface area contributed by atoms with E-state index in [1.165, 1.54) is 0 Å². The molecule has 1 aromatic heterocycles. The number of aliphatic hydroxyl groups excluding tert-OH is 1. The molecule has 1 N–H and O–H groups in total. The number of rotatable bonds is 4. The predicted molar refractivity (Wildman–Crippen MR) is 62.9 cm³/mol. The summed E-state index contributed by atoms with van der Waals surface area (Å²) in [7, 11) is 1.92. The maximum absolute atomic E-state index is 9.32. The summed E-state index contributed by atoms with van der Waals surface area (Å²) >= 11 is 0. The van der Waals surface area contributed by atoms with Gasteiger partial charge in [-0.1, -0.05) is 0 Å². The van der Waals surface area contributed by atoms with Crippen LogP contribution >= 0.6 is 0 Å². The smallest absolute Gasteiger partial charge is 0.0931 e. The molecule has 0 radical (unpaired) electrons. The summed E-state index contributed by atoms with van der Waals surface area (Å²) in [5.41, 5.74) is 1.61. The third-order valence-corrected chi connectivity index (χ3v) is 2.41. The van der Waals surface area contributed by atoms with Crippen molar-refractivity contribution in [2.75, 3.05) is 18.5 Å². The predicted octanol–water partition coefficient (Wildman–Crippen LogP) is 1.73. The fourth-order valence-corrected chi connectivity index (χ4v) is 1.43. The molecule has 0 aliphatic carbocycles. The van der Waals surface area contributed by atoms with Crippen molar-refractivity contribution in [3.05, 3.63) is 24.0 Å². The molecule has 1 rings (SSSR count). The molecule has 1 aromatic rings. The van der Waals surface area contributed by atoms with Crippen LogP contribution in [0.1, 0.15) is 25.6 Å². The number of anilines is 1. The van der Waals surface area contributed by atoms with Crippen LogP contribution in [0.15, 0.2) is 18.3 Å². The largest absolute Gasteiger partial charge is 0.387 e. The van der Waals surface area contributed by atoms with Crippen LogP contribution in [-0.2, 0) is 0 Å². The zero-order valence-corrected chi connectivity index (χ0v) is 9.88. The van der Waals surface area contributed by atoms with E-state index in [9.17, 15) is 5.11 Å². The molecule has 2 unspecified atom stereocenters. The minimum atomic E-state index is -0.544. The van der Waals surface area contributed by atoms with Crippen molar-refractivity contribution in [1.82, 2.24) is 4.98 Å². The van der Waals surface area contributed by atoms with Crippen molar-refractivity contribution in [1.29, 1.82) is 5.26 Å². The van der Waals surface area contributed by atoms with Gasteiger partial charge in [-0.3, -0.25) is 4.98 Å². The van der Waals surface area contributed by atoms with Crippen LogP contribution in [0.4, 0.5) is 5.69 Å². The second-order valence-corrected chi connectivity index (χ2v) is 4.03. The number of pyridine rings is 1. The van der Waals surface area contributed by atoms with Crippen LogP contribution in [0.2, 0.25) is 0 Å². The highest BCUT2D eigenvalue weighted by molar-refractivity contribution is 5.44. The summed E-state index contributed by atoms with van der Waals surface area (Å²) in [6.45, 7) is 4.24. The normalized spacial score (nSPS) is 13.9. The Bertz CT molecular complexity index is 367. The molecule has 0 amide bonds. The SMILES string of the molecule is CC(C#N)CN(C)c1ccc(C(C)O)nc1. The van der Waals surface area contributed by atoms with Crippen molar-refractivity contribution in [3.63, 3.8) is 0 Å². The molecule has 4 heteroatoms. The van der Waals surface area contributed by atoms with Gasteiger partial charge in [0.1, 0.15) is 0 Å². The lowest BCUT2D eigenvalue weighted by Gasteiger charge is -2.20. The fourth-order valence-electron chi connectivity index (χ4n) is 1.43. The van der Waals surface area contributed by atoms with E-state index in [4.69, 9.17) is 5.26 Å². The lowest BCUT2D eigenvalue weighted by molar-refractivity contribution is 0.194. The maximum Gasteiger partial charge on any atom is 0.0931 e. The van der Waals surface area contributed by atoms with Crippen LogP contribution in [0.5, 0.6) is 0 Å². The van der Waals surface area contributed by atoms with Crippen LogP contribution in [-0.4, -0.2) is 23.7 Å². The Morgan fingerprint density at radius 2 is 2.19 bits per heavy atom. The molecule has 1 heterocycles. The van der Waals surface area contributed by atoms with E-state index in [1.54, 1.807) is 19.2 Å². The van der Waals surface area contributed by atoms with Gasteiger partial charge in [0.25, 0.3) is 0 Å². The first kappa shape index (κ1) is 12.5. The zero-order valence-electron chi connectivity index (χ0n) is 9.88. The van der Waals surface area contributed by atoms with Gasteiger partial charge in [0, 0.05) is 13.6 Å². The second kappa shape index (κ2) is 5.47. The van der Waals surface area contributed by atoms with Gasteiger partial charge in [0.05, 0.1) is 35.7 Å². The number of aliphatic hydroxyl groups is 1. The molecule has 0 aliphatic rings. The van der Waals surface area contributed by atoms with Gasteiger partial charge in [-0.25, -0.2) is 0 Å². The molecule has 2 atom stereocenters. The van der Waals surface area contributed by atoms with E-state index in [1.807, 2.05) is 24.9 Å². The molecule has 0 spiro atoms. The van der Waals surface area contributed by atoms with Crippen LogP contribution in [0, 0.1) is 17.2 Å². The van der Waals surface area contributed by atoms with E-state index >= 15 is 0 Å². The molecular formula is C12H17N3O. The first-order valence-electron chi connectivity index (χ1n) is 5.29. The van der Waals surface area contributed by atoms with E-state index in [-0.39, 0.29) is 5.92 Å². The average Bonchev–Trinajstić information content (AvgIpc) is 2.28. The number of aromatic nitrogens is 1. The Morgan fingerprint density at radius 1 is 1.50 bits per heavy atom. The van der Waals surface area contributed by atoms with Crippen molar-refractivity contribution in [3.8, 4) is 6.07 Å². The summed E-state index contributed by atoms with van der Waals surface area (Å²) in [5, 5.41) is 18.0. The molecule has 4 nitrogen and oxygen atoms in total. The third-order valence-electron chi connectivity index (χ3n) is 2.41. The minimum Gasteiger partial charge on any atom is -0.387 e. The molecule has 86 valence electrons. The minimum absolute atomic E-state index is 0.0126. The number of nitriles is 1. The zero-order chi connectivity index (χ0) is 12.1. The molecule has 0 bridgehead atoms. The van der Waals surface area contributed by atoms with Gasteiger partial charge in [-0.15, -0.1) is 0 Å². The Labute approximate surface area is 96.2 Å². The quantitative estimate of drug-likeness (QED) is 0.837. The fraction of sp³-hybridized carbons (Fsp3) is 0.500. The first-order valence-corrected chi connectivity index (χ1v) is 5.29. The van der Waals surface area contributed by atoms with E-state index in [2.05, 4.69) is 11.1 Å². The van der Waals surface area contributed by atoms with Crippen LogP contribution in [0.3, 0.4) is 0 Å². The maximum atomic E-state index is 9.32. The monoisotopic (exact) mass is 219 g/mol. The number of hydrogen-bond acceptors (Lipinski definition) is 4. The first-order chi connectivity index (χ1) is 7.54. The molecule has 0 saturated heterocycles. The Hall–Kier alpha value is -1.60. The summed E-state index contributed by atoms with van der Waals surface area (Å²) < 4.78 is 0. The Balaban J connectivity index is 2.71. The van der Waals surface area contributed by atoms with Crippen molar-refractivity contribution in [2.45, 2.75) is 20.0 Å². The van der Waals surface area contributed by atoms with Gasteiger partial charge in [-0.2, -0.15) is 5.26 Å². The van der Waals surface area contributed by atoms with Gasteiger partial charge in [0.15, 0.2) is 0 Å². The molecule has 0 aromatic carbocycles. The van der Waals surface area contributed by atoms with Gasteiger partial charge in [0.2, 0.25) is 0 Å². The molecule has 0 aliphatic heterocycles. The lowest BCUT2D eigenvalue weighted by atomic mass is 10.2. The second-order valence-electron chi connectivity index (χ2n) is 4.03. The highest BCUT2D eigenvalue weighted by Gasteiger charge is 2.07. The Kier molecular flexibility index (Phi) is 4.27. The van der Waals surface area contributed by atoms with Gasteiger partial charge < -0.3 is 10.0 Å². The average molecular weight is 219 g/mol. The third kappa shape index (κ3) is 3.21. The summed E-state index contributed by atoms with van der Waals surface area (Å²) in [6, 6.07) is 5.89. The van der Waals surface area contributed by atoms with E-state index < -0.39 is 6.10 Å². The van der Waals surface area contributed by atoms with Crippen LogP contribution in [0.25, 0.3) is 0 Å². The molecule has 16 heavy (non-hydrogen) atoms. The Morgan fingerprint density at radius 3 is 2.62 bits per heavy atom. The lowest BCUT2D eigenvalue weighted by Crippen LogP contribution is -2.23. The van der Waals surface area contributed by atoms with Crippen LogP contribution < -0.4 is 4.90 Å². The molecular weight excluding hydrogens is 202 g/mol.